The van der Waals surface area contributed by atoms with Crippen molar-refractivity contribution in [2.24, 2.45) is 24.1 Å². The zero-order valence-corrected chi connectivity index (χ0v) is 16.2. The van der Waals surface area contributed by atoms with Crippen LogP contribution in [0.25, 0.3) is 35.5 Å². The Bertz CT molecular complexity index is 1490. The highest BCUT2D eigenvalue weighted by Crippen LogP contribution is 2.46. The molecular formula is C18H8N8S2. The molecule has 0 fully saturated rings. The number of nitriles is 3. The monoisotopic (exact) mass is 400 g/mol. The van der Waals surface area contributed by atoms with E-state index in [1.165, 1.54) is 11.3 Å². The molecule has 0 aromatic carbocycles. The van der Waals surface area contributed by atoms with Gasteiger partial charge in [0.15, 0.2) is 0 Å². The number of rotatable bonds is 2. The topological polar surface area (TPSA) is 110 Å². The van der Waals surface area contributed by atoms with Crippen LogP contribution in [0.4, 0.5) is 10.8 Å². The van der Waals surface area contributed by atoms with E-state index in [4.69, 9.17) is 22.4 Å². The molecule has 0 saturated heterocycles. The van der Waals surface area contributed by atoms with Crippen LogP contribution in [0.15, 0.2) is 22.1 Å². The zero-order valence-electron chi connectivity index (χ0n) is 14.5. The molecule has 0 amide bonds. The van der Waals surface area contributed by atoms with Gasteiger partial charge in [-0.3, -0.25) is 0 Å². The number of nitrogens with zero attached hydrogens (tertiary/aromatic N) is 8. The third-order valence-electron chi connectivity index (χ3n) is 4.29. The molecule has 132 valence electrons. The Labute approximate surface area is 166 Å². The van der Waals surface area contributed by atoms with Gasteiger partial charge in [-0.1, -0.05) is 11.6 Å². The molecule has 0 aliphatic rings. The van der Waals surface area contributed by atoms with Crippen LogP contribution >= 0.6 is 22.7 Å². The molecule has 0 bridgehead atoms. The van der Waals surface area contributed by atoms with E-state index < -0.39 is 0 Å². The predicted molar refractivity (Wildman–Crippen MR) is 110 cm³/mol. The minimum absolute atomic E-state index is 0.172. The molecule has 28 heavy (non-hydrogen) atoms. The molecule has 0 N–H and O–H groups in total. The summed E-state index contributed by atoms with van der Waals surface area (Å²) in [6, 6.07) is 9.07. The first kappa shape index (κ1) is 17.5. The molecule has 4 aromatic rings. The normalized spacial score (nSPS) is 11.3. The fourth-order valence-electron chi connectivity index (χ4n) is 3.08. The molecule has 0 saturated carbocycles. The van der Waals surface area contributed by atoms with Crippen molar-refractivity contribution in [1.82, 2.24) is 9.13 Å². The van der Waals surface area contributed by atoms with Gasteiger partial charge in [0.1, 0.15) is 23.2 Å². The van der Waals surface area contributed by atoms with Crippen molar-refractivity contribution in [2.75, 3.05) is 0 Å². The minimum Gasteiger partial charge on any atom is -0.351 e. The predicted octanol–water partition coefficient (Wildman–Crippen LogP) is 4.54. The lowest BCUT2D eigenvalue weighted by atomic mass is 10.4. The standard InChI is InChI=1S/C18H8N8S2/c1-22-12(8-21)24-13-5-11-15(26(13)3)16-18(27-11)17-10(25(16)2)4-14(28-17)23-9(6-19)7-20/h4-5H,2-3H3. The highest BCUT2D eigenvalue weighted by atomic mass is 32.1. The lowest BCUT2D eigenvalue weighted by molar-refractivity contribution is 0.956. The van der Waals surface area contributed by atoms with Crippen LogP contribution in [0.3, 0.4) is 0 Å². The fraction of sp³-hybridized carbons (Fsp3) is 0.111. The molecule has 0 spiro atoms. The molecule has 4 aromatic heterocycles. The Balaban J connectivity index is 1.98. The van der Waals surface area contributed by atoms with Gasteiger partial charge in [-0.25, -0.2) is 10.3 Å². The second-order valence-corrected chi connectivity index (χ2v) is 7.84. The Morgan fingerprint density at radius 2 is 1.75 bits per heavy atom. The molecule has 0 radical (unpaired) electrons. The number of hydrogen-bond donors (Lipinski definition) is 0. The largest absolute Gasteiger partial charge is 0.351 e. The maximum atomic E-state index is 8.96. The maximum Gasteiger partial charge on any atom is 0.351 e. The van der Waals surface area contributed by atoms with Crippen molar-refractivity contribution in [1.29, 1.82) is 15.8 Å². The second kappa shape index (κ2) is 6.33. The smallest absolute Gasteiger partial charge is 0.351 e. The summed E-state index contributed by atoms with van der Waals surface area (Å²) < 4.78 is 7.05. The van der Waals surface area contributed by atoms with E-state index in [1.807, 2.05) is 35.4 Å². The van der Waals surface area contributed by atoms with Crippen molar-refractivity contribution in [3.8, 4) is 18.2 Å². The number of aryl methyl sites for hydroxylation is 2. The Hall–Kier alpha value is -3.96. The van der Waals surface area contributed by atoms with Crippen LogP contribution in [-0.4, -0.2) is 20.7 Å². The van der Waals surface area contributed by atoms with Crippen molar-refractivity contribution >= 4 is 75.7 Å². The van der Waals surface area contributed by atoms with Gasteiger partial charge in [0, 0.05) is 20.2 Å². The quantitative estimate of drug-likeness (QED) is 0.280. The molecular weight excluding hydrogens is 392 g/mol. The van der Waals surface area contributed by atoms with Crippen LogP contribution in [-0.2, 0) is 14.1 Å². The van der Waals surface area contributed by atoms with E-state index in [1.54, 1.807) is 29.5 Å². The first-order valence-corrected chi connectivity index (χ1v) is 9.41. The van der Waals surface area contributed by atoms with E-state index in [0.717, 1.165) is 30.6 Å². The van der Waals surface area contributed by atoms with E-state index >= 15 is 0 Å². The van der Waals surface area contributed by atoms with Gasteiger partial charge in [-0.2, -0.15) is 10.5 Å². The lowest BCUT2D eigenvalue weighted by Gasteiger charge is -1.98. The summed E-state index contributed by atoms with van der Waals surface area (Å²) in [5.41, 5.74) is 2.80. The SMILES string of the molecule is [C-]#[N+]C(C#N)=Nc1cc2sc3c4sc(N=C(C#N)C#N)cc4n(C)c3c2n1C. The van der Waals surface area contributed by atoms with Gasteiger partial charge in [0.25, 0.3) is 0 Å². The van der Waals surface area contributed by atoms with Crippen LogP contribution in [0, 0.1) is 40.6 Å². The molecule has 4 rings (SSSR count). The maximum absolute atomic E-state index is 8.96. The van der Waals surface area contributed by atoms with Crippen molar-refractivity contribution in [3.05, 3.63) is 23.5 Å². The Morgan fingerprint density at radius 3 is 2.39 bits per heavy atom. The van der Waals surface area contributed by atoms with E-state index in [2.05, 4.69) is 14.8 Å². The molecule has 0 aliphatic heterocycles. The molecule has 8 nitrogen and oxygen atoms in total. The van der Waals surface area contributed by atoms with Crippen molar-refractivity contribution < 1.29 is 0 Å². The number of amidine groups is 1. The van der Waals surface area contributed by atoms with E-state index in [0.29, 0.717) is 10.8 Å². The van der Waals surface area contributed by atoms with Crippen LogP contribution in [0.5, 0.6) is 0 Å². The van der Waals surface area contributed by atoms with Gasteiger partial charge < -0.3 is 14.0 Å². The van der Waals surface area contributed by atoms with Gasteiger partial charge in [0.05, 0.1) is 30.6 Å². The zero-order chi connectivity index (χ0) is 20.0. The van der Waals surface area contributed by atoms with Gasteiger partial charge in [-0.15, -0.1) is 22.7 Å². The molecule has 0 atom stereocenters. The Kier molecular flexibility index (Phi) is 3.95. The summed E-state index contributed by atoms with van der Waals surface area (Å²) in [6.07, 6.45) is 0. The summed E-state index contributed by atoms with van der Waals surface area (Å²) in [5.74, 6) is 0.351. The summed E-state index contributed by atoms with van der Waals surface area (Å²) >= 11 is 3.03. The van der Waals surface area contributed by atoms with Gasteiger partial charge in [-0.05, 0) is 6.07 Å². The number of hydrogen-bond acceptors (Lipinski definition) is 7. The highest BCUT2D eigenvalue weighted by molar-refractivity contribution is 7.32. The van der Waals surface area contributed by atoms with Crippen molar-refractivity contribution in [2.45, 2.75) is 0 Å². The van der Waals surface area contributed by atoms with Gasteiger partial charge >= 0.3 is 5.84 Å². The summed E-state index contributed by atoms with van der Waals surface area (Å²) in [5, 5.41) is 27.4. The second-order valence-electron chi connectivity index (χ2n) is 5.76. The van der Waals surface area contributed by atoms with Crippen LogP contribution < -0.4 is 0 Å². The average molecular weight is 400 g/mol. The average Bonchev–Trinajstić information content (AvgIpc) is 3.40. The van der Waals surface area contributed by atoms with Gasteiger partial charge in [0.2, 0.25) is 11.5 Å². The number of fused-ring (bicyclic) bond motifs is 5. The molecule has 0 unspecified atom stereocenters. The van der Waals surface area contributed by atoms with Crippen LogP contribution in [0.1, 0.15) is 0 Å². The number of aliphatic imine (C=N–C) groups is 2. The third-order valence-corrected chi connectivity index (χ3v) is 6.58. The Morgan fingerprint density at radius 1 is 1.00 bits per heavy atom. The first-order valence-electron chi connectivity index (χ1n) is 7.77. The number of thiophene rings is 2. The minimum atomic E-state index is -0.203. The van der Waals surface area contributed by atoms with E-state index in [9.17, 15) is 0 Å². The first-order chi connectivity index (χ1) is 13.5. The third kappa shape index (κ3) is 2.38. The highest BCUT2D eigenvalue weighted by Gasteiger charge is 2.22. The fourth-order valence-corrected chi connectivity index (χ4v) is 5.58. The summed E-state index contributed by atoms with van der Waals surface area (Å²) in [6.45, 7) is 7.00. The van der Waals surface area contributed by atoms with Crippen molar-refractivity contribution in [3.63, 3.8) is 0 Å². The number of aromatic nitrogens is 2. The lowest BCUT2D eigenvalue weighted by Crippen LogP contribution is -1.92. The van der Waals surface area contributed by atoms with Crippen LogP contribution in [0.2, 0.25) is 0 Å². The summed E-state index contributed by atoms with van der Waals surface area (Å²) in [4.78, 5) is 11.4. The summed E-state index contributed by atoms with van der Waals surface area (Å²) in [7, 11) is 3.80. The molecule has 0 aliphatic carbocycles. The van der Waals surface area contributed by atoms with E-state index in [-0.39, 0.29) is 11.5 Å². The molecule has 10 heteroatoms. The molecule has 4 heterocycles.